The molecule has 0 radical (unpaired) electrons. The number of halogens is 2. The summed E-state index contributed by atoms with van der Waals surface area (Å²) in [5.41, 5.74) is 6.24. The molecule has 0 saturated heterocycles. The van der Waals surface area contributed by atoms with Crippen LogP contribution in [0.25, 0.3) is 0 Å². The molecule has 2 aromatic rings. The fourth-order valence-corrected chi connectivity index (χ4v) is 2.45. The van der Waals surface area contributed by atoms with Crippen LogP contribution in [0.15, 0.2) is 41.5 Å². The zero-order chi connectivity index (χ0) is 16.8. The molecule has 0 unspecified atom stereocenters. The number of amides is 1. The lowest BCUT2D eigenvalue weighted by Crippen LogP contribution is -2.26. The van der Waals surface area contributed by atoms with Crippen LogP contribution in [0, 0.1) is 13.8 Å². The van der Waals surface area contributed by atoms with Gasteiger partial charge in [0.25, 0.3) is 5.91 Å². The second-order valence-corrected chi connectivity index (χ2v) is 5.84. The standard InChI is InChI=1S/C17H17Cl2N3O/c1-11-5-3-6-12(2)17(11)20-10-15(23)22-21-9-13-7-4-8-14(18)16(13)19/h3-9,20H,10H2,1-2H3,(H,22,23). The summed E-state index contributed by atoms with van der Waals surface area (Å²) in [5, 5.41) is 7.86. The SMILES string of the molecule is Cc1cccc(C)c1NCC(=O)NN=Cc1cccc(Cl)c1Cl. The molecular formula is C17H17Cl2N3O. The van der Waals surface area contributed by atoms with Gasteiger partial charge in [0.05, 0.1) is 22.8 Å². The van der Waals surface area contributed by atoms with E-state index in [2.05, 4.69) is 15.8 Å². The lowest BCUT2D eigenvalue weighted by atomic mass is 10.1. The van der Waals surface area contributed by atoms with Gasteiger partial charge in [-0.15, -0.1) is 0 Å². The number of nitrogens with zero attached hydrogens (tertiary/aromatic N) is 1. The number of para-hydroxylation sites is 1. The molecule has 0 heterocycles. The zero-order valence-corrected chi connectivity index (χ0v) is 14.4. The molecule has 0 aliphatic carbocycles. The van der Waals surface area contributed by atoms with Gasteiger partial charge >= 0.3 is 0 Å². The van der Waals surface area contributed by atoms with Crippen LogP contribution in [0.2, 0.25) is 10.0 Å². The minimum atomic E-state index is -0.248. The van der Waals surface area contributed by atoms with Gasteiger partial charge in [0.1, 0.15) is 0 Å². The van der Waals surface area contributed by atoms with Gasteiger partial charge in [-0.1, -0.05) is 53.5 Å². The molecule has 1 amide bonds. The predicted molar refractivity (Wildman–Crippen MR) is 96.6 cm³/mol. The van der Waals surface area contributed by atoms with Crippen LogP contribution in [0.3, 0.4) is 0 Å². The van der Waals surface area contributed by atoms with Gasteiger partial charge in [-0.3, -0.25) is 4.79 Å². The van der Waals surface area contributed by atoms with E-state index in [0.717, 1.165) is 16.8 Å². The second-order valence-electron chi connectivity index (χ2n) is 5.06. The molecule has 0 atom stereocenters. The largest absolute Gasteiger partial charge is 0.376 e. The number of hydrogen-bond acceptors (Lipinski definition) is 3. The van der Waals surface area contributed by atoms with E-state index in [1.807, 2.05) is 32.0 Å². The lowest BCUT2D eigenvalue weighted by molar-refractivity contribution is -0.119. The Kier molecular flexibility index (Phi) is 6.02. The number of carbonyl (C=O) groups excluding carboxylic acids is 1. The number of hydrogen-bond donors (Lipinski definition) is 2. The van der Waals surface area contributed by atoms with E-state index >= 15 is 0 Å². The van der Waals surface area contributed by atoms with Crippen LogP contribution in [0.1, 0.15) is 16.7 Å². The van der Waals surface area contributed by atoms with Crippen molar-refractivity contribution >= 4 is 41.0 Å². The fourth-order valence-electron chi connectivity index (χ4n) is 2.10. The van der Waals surface area contributed by atoms with Gasteiger partial charge in [-0.25, -0.2) is 5.43 Å². The summed E-state index contributed by atoms with van der Waals surface area (Å²) in [6.07, 6.45) is 1.46. The Morgan fingerprint density at radius 1 is 1.13 bits per heavy atom. The molecule has 0 fully saturated rings. The Bertz CT molecular complexity index is 724. The number of carbonyl (C=O) groups is 1. The first kappa shape index (κ1) is 17.3. The van der Waals surface area contributed by atoms with Gasteiger partial charge in [-0.2, -0.15) is 5.10 Å². The van der Waals surface area contributed by atoms with Crippen molar-refractivity contribution in [2.45, 2.75) is 13.8 Å². The summed E-state index contributed by atoms with van der Waals surface area (Å²) >= 11 is 11.9. The molecule has 0 aromatic heterocycles. The zero-order valence-electron chi connectivity index (χ0n) is 12.9. The Morgan fingerprint density at radius 3 is 2.48 bits per heavy atom. The van der Waals surface area contributed by atoms with Crippen LogP contribution in [-0.4, -0.2) is 18.7 Å². The maximum absolute atomic E-state index is 11.8. The summed E-state index contributed by atoms with van der Waals surface area (Å²) < 4.78 is 0. The average Bonchev–Trinajstić information content (AvgIpc) is 2.51. The van der Waals surface area contributed by atoms with E-state index < -0.39 is 0 Å². The van der Waals surface area contributed by atoms with Gasteiger partial charge in [0, 0.05) is 11.3 Å². The highest BCUT2D eigenvalue weighted by Crippen LogP contribution is 2.24. The van der Waals surface area contributed by atoms with Crippen molar-refractivity contribution in [3.8, 4) is 0 Å². The maximum atomic E-state index is 11.8. The van der Waals surface area contributed by atoms with E-state index in [1.165, 1.54) is 6.21 Å². The molecule has 2 aromatic carbocycles. The molecule has 0 bridgehead atoms. The quantitative estimate of drug-likeness (QED) is 0.628. The van der Waals surface area contributed by atoms with E-state index in [-0.39, 0.29) is 12.5 Å². The highest BCUT2D eigenvalue weighted by Gasteiger charge is 2.05. The first-order valence-corrected chi connectivity index (χ1v) is 7.80. The highest BCUT2D eigenvalue weighted by molar-refractivity contribution is 6.43. The van der Waals surface area contributed by atoms with Crippen molar-refractivity contribution in [2.75, 3.05) is 11.9 Å². The lowest BCUT2D eigenvalue weighted by Gasteiger charge is -2.11. The Morgan fingerprint density at radius 2 is 1.78 bits per heavy atom. The summed E-state index contributed by atoms with van der Waals surface area (Å²) in [6.45, 7) is 4.12. The summed E-state index contributed by atoms with van der Waals surface area (Å²) in [7, 11) is 0. The fraction of sp³-hybridized carbons (Fsp3) is 0.176. The summed E-state index contributed by atoms with van der Waals surface area (Å²) in [4.78, 5) is 11.8. The molecule has 6 heteroatoms. The normalized spacial score (nSPS) is 10.8. The molecule has 0 aliphatic rings. The number of aryl methyl sites for hydroxylation is 2. The Balaban J connectivity index is 1.90. The summed E-state index contributed by atoms with van der Waals surface area (Å²) in [6, 6.07) is 11.2. The molecule has 120 valence electrons. The topological polar surface area (TPSA) is 53.5 Å². The van der Waals surface area contributed by atoms with E-state index in [9.17, 15) is 4.79 Å². The first-order valence-electron chi connectivity index (χ1n) is 7.05. The second kappa shape index (κ2) is 7.99. The smallest absolute Gasteiger partial charge is 0.259 e. The van der Waals surface area contributed by atoms with Crippen LogP contribution >= 0.6 is 23.2 Å². The average molecular weight is 350 g/mol. The van der Waals surface area contributed by atoms with Crippen molar-refractivity contribution < 1.29 is 4.79 Å². The molecule has 0 saturated carbocycles. The van der Waals surface area contributed by atoms with Crippen LogP contribution in [0.5, 0.6) is 0 Å². The Hall–Kier alpha value is -2.04. The van der Waals surface area contributed by atoms with Gasteiger partial charge < -0.3 is 5.32 Å². The maximum Gasteiger partial charge on any atom is 0.259 e. The molecule has 2 rings (SSSR count). The monoisotopic (exact) mass is 349 g/mol. The number of hydrazone groups is 1. The third-order valence-corrected chi connectivity index (χ3v) is 4.11. The van der Waals surface area contributed by atoms with Gasteiger partial charge in [0.15, 0.2) is 0 Å². The Labute approximate surface area is 145 Å². The van der Waals surface area contributed by atoms with Crippen molar-refractivity contribution in [3.05, 3.63) is 63.1 Å². The predicted octanol–water partition coefficient (Wildman–Crippen LogP) is 4.17. The van der Waals surface area contributed by atoms with Crippen molar-refractivity contribution in [3.63, 3.8) is 0 Å². The van der Waals surface area contributed by atoms with Crippen LogP contribution in [-0.2, 0) is 4.79 Å². The molecular weight excluding hydrogens is 333 g/mol. The molecule has 23 heavy (non-hydrogen) atoms. The molecule has 2 N–H and O–H groups in total. The van der Waals surface area contributed by atoms with Crippen LogP contribution in [0.4, 0.5) is 5.69 Å². The first-order chi connectivity index (χ1) is 11.0. The number of benzene rings is 2. The molecule has 0 aliphatic heterocycles. The van der Waals surface area contributed by atoms with E-state index in [4.69, 9.17) is 23.2 Å². The minimum Gasteiger partial charge on any atom is -0.376 e. The third kappa shape index (κ3) is 4.71. The van der Waals surface area contributed by atoms with Gasteiger partial charge in [0.2, 0.25) is 0 Å². The van der Waals surface area contributed by atoms with Crippen molar-refractivity contribution in [2.24, 2.45) is 5.10 Å². The van der Waals surface area contributed by atoms with E-state index in [1.54, 1.807) is 18.2 Å². The minimum absolute atomic E-state index is 0.131. The number of rotatable bonds is 5. The summed E-state index contributed by atoms with van der Waals surface area (Å²) in [5.74, 6) is -0.248. The van der Waals surface area contributed by atoms with Crippen molar-refractivity contribution in [1.82, 2.24) is 5.43 Å². The number of nitrogens with one attached hydrogen (secondary N) is 2. The van der Waals surface area contributed by atoms with E-state index in [0.29, 0.717) is 15.6 Å². The highest BCUT2D eigenvalue weighted by atomic mass is 35.5. The van der Waals surface area contributed by atoms with Gasteiger partial charge in [-0.05, 0) is 31.0 Å². The molecule has 0 spiro atoms. The number of anilines is 1. The van der Waals surface area contributed by atoms with Crippen molar-refractivity contribution in [1.29, 1.82) is 0 Å². The molecule has 4 nitrogen and oxygen atoms in total. The van der Waals surface area contributed by atoms with Crippen LogP contribution < -0.4 is 10.7 Å². The third-order valence-electron chi connectivity index (χ3n) is 3.28.